The van der Waals surface area contributed by atoms with Crippen molar-refractivity contribution in [3.05, 3.63) is 23.9 Å². The fraction of sp³-hybridized carbons (Fsp3) is 0.417. The number of aliphatic carboxylic acids is 1. The molecule has 0 fully saturated rings. The first-order valence-corrected chi connectivity index (χ1v) is 5.77. The topological polar surface area (TPSA) is 99.8 Å². The molecule has 0 radical (unpaired) electrons. The van der Waals surface area contributed by atoms with Crippen molar-refractivity contribution in [1.29, 1.82) is 0 Å². The molecule has 1 aromatic heterocycles. The number of amides is 1. The van der Waals surface area contributed by atoms with E-state index in [-0.39, 0.29) is 12.5 Å². The summed E-state index contributed by atoms with van der Waals surface area (Å²) in [4.78, 5) is 29.9. The van der Waals surface area contributed by atoms with E-state index in [2.05, 4.69) is 4.98 Å². The van der Waals surface area contributed by atoms with Crippen LogP contribution in [-0.2, 0) is 4.79 Å². The van der Waals surface area contributed by atoms with Gasteiger partial charge >= 0.3 is 5.97 Å². The Hall–Kier alpha value is -2.15. The predicted molar refractivity (Wildman–Crippen MR) is 70.7 cm³/mol. The molecule has 0 spiro atoms. The summed E-state index contributed by atoms with van der Waals surface area (Å²) in [5.41, 5.74) is 5.77. The number of hydrogen-bond donors (Lipinski definition) is 2. The van der Waals surface area contributed by atoms with Crippen LogP contribution in [0.2, 0.25) is 0 Å². The number of nitrogens with two attached hydrogens (primary N) is 1. The van der Waals surface area contributed by atoms with E-state index >= 15 is 0 Å². The quantitative estimate of drug-likeness (QED) is 0.736. The molecule has 0 saturated heterocycles. The maximum atomic E-state index is 12.2. The fourth-order valence-electron chi connectivity index (χ4n) is 1.45. The van der Waals surface area contributed by atoms with Crippen LogP contribution in [-0.4, -0.2) is 65.5 Å². The summed E-state index contributed by atoms with van der Waals surface area (Å²) in [5, 5.41) is 8.85. The summed E-state index contributed by atoms with van der Waals surface area (Å²) >= 11 is 0. The molecule has 104 valence electrons. The number of aromatic nitrogens is 1. The smallest absolute Gasteiger partial charge is 0.323 e. The number of carbonyl (C=O) groups is 2. The molecule has 7 heteroatoms. The third-order valence-electron chi connectivity index (χ3n) is 2.46. The van der Waals surface area contributed by atoms with E-state index in [0.29, 0.717) is 24.5 Å². The third kappa shape index (κ3) is 4.92. The second-order valence-corrected chi connectivity index (χ2v) is 4.40. The Labute approximate surface area is 111 Å². The van der Waals surface area contributed by atoms with Crippen LogP contribution in [0, 0.1) is 0 Å². The third-order valence-corrected chi connectivity index (χ3v) is 2.46. The molecule has 0 aromatic carbocycles. The number of carboxylic acids is 1. The summed E-state index contributed by atoms with van der Waals surface area (Å²) in [7, 11) is 3.71. The van der Waals surface area contributed by atoms with Crippen LogP contribution >= 0.6 is 0 Å². The van der Waals surface area contributed by atoms with Crippen LogP contribution in [0.4, 0.5) is 5.82 Å². The fourth-order valence-corrected chi connectivity index (χ4v) is 1.45. The van der Waals surface area contributed by atoms with E-state index < -0.39 is 5.97 Å². The normalized spacial score (nSPS) is 10.5. The number of nitrogen functional groups attached to an aromatic ring is 1. The van der Waals surface area contributed by atoms with E-state index in [1.165, 1.54) is 23.2 Å². The van der Waals surface area contributed by atoms with Crippen LogP contribution in [0.15, 0.2) is 18.3 Å². The number of hydrogen-bond acceptors (Lipinski definition) is 5. The van der Waals surface area contributed by atoms with E-state index in [9.17, 15) is 9.59 Å². The number of rotatable bonds is 6. The Kier molecular flexibility index (Phi) is 5.25. The standard InChI is InChI=1S/C12H18N4O3/c1-15(2)5-6-16(8-11(17)18)12(19)9-3-4-10(13)14-7-9/h3-4,7H,5-6,8H2,1-2H3,(H2,13,14)(H,17,18). The van der Waals surface area contributed by atoms with E-state index in [1.54, 1.807) is 0 Å². The zero-order chi connectivity index (χ0) is 14.4. The van der Waals surface area contributed by atoms with Gasteiger partial charge in [0.05, 0.1) is 5.56 Å². The first kappa shape index (κ1) is 14.9. The molecule has 1 heterocycles. The molecule has 0 bridgehead atoms. The molecular formula is C12H18N4O3. The van der Waals surface area contributed by atoms with Crippen molar-refractivity contribution in [2.75, 3.05) is 39.5 Å². The molecule has 19 heavy (non-hydrogen) atoms. The van der Waals surface area contributed by atoms with Gasteiger partial charge in [-0.1, -0.05) is 0 Å². The van der Waals surface area contributed by atoms with Crippen molar-refractivity contribution >= 4 is 17.7 Å². The molecule has 0 unspecified atom stereocenters. The highest BCUT2D eigenvalue weighted by molar-refractivity contribution is 5.95. The van der Waals surface area contributed by atoms with Gasteiger partial charge in [-0.3, -0.25) is 9.59 Å². The molecule has 0 aliphatic heterocycles. The second-order valence-electron chi connectivity index (χ2n) is 4.40. The Morgan fingerprint density at radius 3 is 2.47 bits per heavy atom. The molecular weight excluding hydrogens is 248 g/mol. The average molecular weight is 266 g/mol. The lowest BCUT2D eigenvalue weighted by molar-refractivity contribution is -0.137. The van der Waals surface area contributed by atoms with Gasteiger partial charge in [0, 0.05) is 19.3 Å². The Balaban J connectivity index is 2.80. The monoisotopic (exact) mass is 266 g/mol. The minimum atomic E-state index is -1.05. The highest BCUT2D eigenvalue weighted by Crippen LogP contribution is 2.06. The summed E-state index contributed by atoms with van der Waals surface area (Å²) in [6.45, 7) is 0.584. The number of anilines is 1. The Morgan fingerprint density at radius 2 is 2.00 bits per heavy atom. The van der Waals surface area contributed by atoms with Gasteiger partial charge in [-0.25, -0.2) is 4.98 Å². The zero-order valence-electron chi connectivity index (χ0n) is 11.0. The van der Waals surface area contributed by atoms with Gasteiger partial charge in [0.1, 0.15) is 12.4 Å². The first-order chi connectivity index (χ1) is 8.90. The zero-order valence-corrected chi connectivity index (χ0v) is 11.0. The van der Waals surface area contributed by atoms with E-state index in [4.69, 9.17) is 10.8 Å². The lowest BCUT2D eigenvalue weighted by Crippen LogP contribution is -2.40. The molecule has 1 amide bonds. The number of carbonyl (C=O) groups excluding carboxylic acids is 1. The number of nitrogens with zero attached hydrogens (tertiary/aromatic N) is 3. The highest BCUT2D eigenvalue weighted by Gasteiger charge is 2.18. The van der Waals surface area contributed by atoms with Crippen LogP contribution in [0.1, 0.15) is 10.4 Å². The summed E-state index contributed by atoms with van der Waals surface area (Å²) in [6, 6.07) is 3.05. The van der Waals surface area contributed by atoms with Crippen molar-refractivity contribution in [1.82, 2.24) is 14.8 Å². The number of carboxylic acid groups (broad SMARTS) is 1. The van der Waals surface area contributed by atoms with Gasteiger partial charge < -0.3 is 20.6 Å². The van der Waals surface area contributed by atoms with Gasteiger partial charge in [-0.05, 0) is 26.2 Å². The summed E-state index contributed by atoms with van der Waals surface area (Å²) in [5.74, 6) is -1.10. The van der Waals surface area contributed by atoms with Gasteiger partial charge in [-0.2, -0.15) is 0 Å². The summed E-state index contributed by atoms with van der Waals surface area (Å²) < 4.78 is 0. The molecule has 1 aromatic rings. The molecule has 0 atom stereocenters. The Morgan fingerprint density at radius 1 is 1.32 bits per heavy atom. The average Bonchev–Trinajstić information content (AvgIpc) is 2.34. The van der Waals surface area contributed by atoms with Crippen molar-refractivity contribution < 1.29 is 14.7 Å². The van der Waals surface area contributed by atoms with E-state index in [0.717, 1.165) is 0 Å². The predicted octanol–water partition coefficient (Wildman–Crippen LogP) is -0.248. The van der Waals surface area contributed by atoms with Crippen molar-refractivity contribution in [2.24, 2.45) is 0 Å². The minimum absolute atomic E-state index is 0.314. The minimum Gasteiger partial charge on any atom is -0.480 e. The van der Waals surface area contributed by atoms with Crippen LogP contribution in [0.25, 0.3) is 0 Å². The number of pyridine rings is 1. The molecule has 1 rings (SSSR count). The van der Waals surface area contributed by atoms with Crippen LogP contribution in [0.3, 0.4) is 0 Å². The van der Waals surface area contributed by atoms with Crippen molar-refractivity contribution in [3.8, 4) is 0 Å². The maximum Gasteiger partial charge on any atom is 0.323 e. The van der Waals surface area contributed by atoms with Crippen LogP contribution in [0.5, 0.6) is 0 Å². The summed E-state index contributed by atoms with van der Waals surface area (Å²) in [6.07, 6.45) is 1.35. The van der Waals surface area contributed by atoms with Gasteiger partial charge in [-0.15, -0.1) is 0 Å². The molecule has 0 aliphatic carbocycles. The van der Waals surface area contributed by atoms with Crippen LogP contribution < -0.4 is 5.73 Å². The lowest BCUT2D eigenvalue weighted by Gasteiger charge is -2.22. The second kappa shape index (κ2) is 6.69. The van der Waals surface area contributed by atoms with Gasteiger partial charge in [0.25, 0.3) is 5.91 Å². The van der Waals surface area contributed by atoms with Crippen molar-refractivity contribution in [3.63, 3.8) is 0 Å². The highest BCUT2D eigenvalue weighted by atomic mass is 16.4. The SMILES string of the molecule is CN(C)CCN(CC(=O)O)C(=O)c1ccc(N)nc1. The molecule has 0 aliphatic rings. The van der Waals surface area contributed by atoms with Gasteiger partial charge in [0.15, 0.2) is 0 Å². The van der Waals surface area contributed by atoms with E-state index in [1.807, 2.05) is 19.0 Å². The molecule has 0 saturated carbocycles. The Bertz CT molecular complexity index is 445. The van der Waals surface area contributed by atoms with Gasteiger partial charge in [0.2, 0.25) is 0 Å². The first-order valence-electron chi connectivity index (χ1n) is 5.77. The van der Waals surface area contributed by atoms with Crippen molar-refractivity contribution in [2.45, 2.75) is 0 Å². The largest absolute Gasteiger partial charge is 0.480 e. The molecule has 3 N–H and O–H groups in total. The maximum absolute atomic E-state index is 12.2. The molecule has 7 nitrogen and oxygen atoms in total. The lowest BCUT2D eigenvalue weighted by atomic mass is 10.2. The number of likely N-dealkylation sites (N-methyl/N-ethyl adjacent to an activating group) is 1.